The van der Waals surface area contributed by atoms with Crippen LogP contribution in [0.2, 0.25) is 0 Å². The highest BCUT2D eigenvalue weighted by molar-refractivity contribution is 7.18. The lowest BCUT2D eigenvalue weighted by Gasteiger charge is -1.98. The second kappa shape index (κ2) is 6.21. The fraction of sp³-hybridized carbons (Fsp3) is 0.188. The number of hydrogen-bond acceptors (Lipinski definition) is 6. The highest BCUT2D eigenvalue weighted by Gasteiger charge is 2.06. The normalized spacial score (nSPS) is 11.1. The molecular formula is C16H14N6S. The van der Waals surface area contributed by atoms with E-state index in [0.29, 0.717) is 0 Å². The molecule has 0 radical (unpaired) electrons. The van der Waals surface area contributed by atoms with Crippen molar-refractivity contribution in [2.75, 3.05) is 0 Å². The molecule has 0 fully saturated rings. The van der Waals surface area contributed by atoms with E-state index in [2.05, 4.69) is 43.5 Å². The van der Waals surface area contributed by atoms with Crippen LogP contribution in [0.1, 0.15) is 11.4 Å². The summed E-state index contributed by atoms with van der Waals surface area (Å²) in [6, 6.07) is 8.24. The Kier molecular flexibility index (Phi) is 3.77. The summed E-state index contributed by atoms with van der Waals surface area (Å²) < 4.78 is 3.10. The molecule has 114 valence electrons. The lowest BCUT2D eigenvalue weighted by Crippen LogP contribution is -2.00. The van der Waals surface area contributed by atoms with Gasteiger partial charge in [0, 0.05) is 30.9 Å². The van der Waals surface area contributed by atoms with Crippen molar-refractivity contribution in [3.63, 3.8) is 0 Å². The Labute approximate surface area is 136 Å². The molecule has 6 nitrogen and oxygen atoms in total. The largest absolute Gasteiger partial charge is 0.252 e. The topological polar surface area (TPSA) is 69.4 Å². The van der Waals surface area contributed by atoms with Crippen LogP contribution >= 0.6 is 11.3 Å². The van der Waals surface area contributed by atoms with Gasteiger partial charge in [0.1, 0.15) is 12.0 Å². The molecule has 0 amide bonds. The predicted molar refractivity (Wildman–Crippen MR) is 89.0 cm³/mol. The summed E-state index contributed by atoms with van der Waals surface area (Å²) in [5.74, 6) is 0. The molecule has 4 aromatic rings. The Hall–Kier alpha value is -2.67. The van der Waals surface area contributed by atoms with Gasteiger partial charge in [-0.2, -0.15) is 0 Å². The zero-order valence-electron chi connectivity index (χ0n) is 12.3. The van der Waals surface area contributed by atoms with Crippen LogP contribution in [-0.4, -0.2) is 29.9 Å². The van der Waals surface area contributed by atoms with Gasteiger partial charge in [0.25, 0.3) is 0 Å². The molecule has 3 aromatic heterocycles. The highest BCUT2D eigenvalue weighted by atomic mass is 32.1. The lowest BCUT2D eigenvalue weighted by molar-refractivity contribution is 0.558. The number of hydrogen-bond donors (Lipinski definition) is 0. The lowest BCUT2D eigenvalue weighted by atomic mass is 10.3. The SMILES string of the molecule is c1ccc2sc(CCCn3cc(-c4cncnc4)nn3)nc2c1. The van der Waals surface area contributed by atoms with Crippen molar-refractivity contribution in [3.8, 4) is 11.3 Å². The van der Waals surface area contributed by atoms with Crippen LogP contribution in [0.25, 0.3) is 21.5 Å². The van der Waals surface area contributed by atoms with Gasteiger partial charge in [-0.15, -0.1) is 16.4 Å². The molecule has 3 heterocycles. The number of benzene rings is 1. The molecule has 0 aliphatic heterocycles. The third kappa shape index (κ3) is 3.09. The van der Waals surface area contributed by atoms with Crippen LogP contribution < -0.4 is 0 Å². The minimum Gasteiger partial charge on any atom is -0.252 e. The van der Waals surface area contributed by atoms with E-state index < -0.39 is 0 Å². The maximum absolute atomic E-state index is 4.65. The summed E-state index contributed by atoms with van der Waals surface area (Å²) >= 11 is 1.76. The first-order valence-corrected chi connectivity index (χ1v) is 8.20. The molecule has 7 heteroatoms. The Morgan fingerprint density at radius 3 is 2.83 bits per heavy atom. The summed E-state index contributed by atoms with van der Waals surface area (Å²) in [6.07, 6.45) is 8.84. The van der Waals surface area contributed by atoms with Crippen molar-refractivity contribution in [2.45, 2.75) is 19.4 Å². The Bertz CT molecular complexity index is 881. The van der Waals surface area contributed by atoms with E-state index in [1.54, 1.807) is 23.7 Å². The molecule has 1 aromatic carbocycles. The minimum absolute atomic E-state index is 0.797. The molecule has 0 saturated carbocycles. The maximum atomic E-state index is 4.65. The van der Waals surface area contributed by atoms with Crippen molar-refractivity contribution in [1.82, 2.24) is 29.9 Å². The standard InChI is InChI=1S/C16H14N6S/c1-2-5-15-13(4-1)19-16(23-15)6-3-7-22-10-14(20-21-22)12-8-17-11-18-9-12/h1-2,4-5,8-11H,3,6-7H2. The first-order valence-electron chi connectivity index (χ1n) is 7.38. The smallest absolute Gasteiger partial charge is 0.116 e. The quantitative estimate of drug-likeness (QED) is 0.565. The molecule has 0 N–H and O–H groups in total. The molecule has 0 unspecified atom stereocenters. The maximum Gasteiger partial charge on any atom is 0.116 e. The first-order chi connectivity index (χ1) is 11.4. The summed E-state index contributed by atoms with van der Waals surface area (Å²) in [4.78, 5) is 12.6. The second-order valence-electron chi connectivity index (χ2n) is 5.17. The van der Waals surface area contributed by atoms with Gasteiger partial charge in [-0.3, -0.25) is 4.68 Å². The number of thiazole rings is 1. The molecule has 0 saturated heterocycles. The third-order valence-electron chi connectivity index (χ3n) is 3.51. The fourth-order valence-corrected chi connectivity index (χ4v) is 3.40. The molecule has 0 atom stereocenters. The number of aromatic nitrogens is 6. The summed E-state index contributed by atoms with van der Waals surface area (Å²) in [5, 5.41) is 9.50. The van der Waals surface area contributed by atoms with Gasteiger partial charge >= 0.3 is 0 Å². The van der Waals surface area contributed by atoms with E-state index in [0.717, 1.165) is 36.2 Å². The zero-order valence-corrected chi connectivity index (χ0v) is 13.1. The van der Waals surface area contributed by atoms with E-state index in [4.69, 9.17) is 0 Å². The van der Waals surface area contributed by atoms with Crippen LogP contribution in [0.3, 0.4) is 0 Å². The fourth-order valence-electron chi connectivity index (χ4n) is 2.39. The van der Waals surface area contributed by atoms with Crippen LogP contribution in [0.15, 0.2) is 49.2 Å². The van der Waals surface area contributed by atoms with E-state index in [-0.39, 0.29) is 0 Å². The van der Waals surface area contributed by atoms with Gasteiger partial charge in [0.15, 0.2) is 0 Å². The van der Waals surface area contributed by atoms with Gasteiger partial charge < -0.3 is 0 Å². The van der Waals surface area contributed by atoms with Gasteiger partial charge in [0.2, 0.25) is 0 Å². The van der Waals surface area contributed by atoms with E-state index in [1.807, 2.05) is 16.9 Å². The molecule has 0 aliphatic carbocycles. The first kappa shape index (κ1) is 14.0. The Morgan fingerprint density at radius 1 is 1.09 bits per heavy atom. The van der Waals surface area contributed by atoms with E-state index in [9.17, 15) is 0 Å². The number of nitrogens with zero attached hydrogens (tertiary/aromatic N) is 6. The summed E-state index contributed by atoms with van der Waals surface area (Å²) in [6.45, 7) is 0.816. The average Bonchev–Trinajstić information content (AvgIpc) is 3.22. The minimum atomic E-state index is 0.797. The van der Waals surface area contributed by atoms with Crippen molar-refractivity contribution in [1.29, 1.82) is 0 Å². The van der Waals surface area contributed by atoms with E-state index >= 15 is 0 Å². The molecule has 0 spiro atoms. The van der Waals surface area contributed by atoms with Crippen LogP contribution in [0.5, 0.6) is 0 Å². The number of aryl methyl sites for hydroxylation is 2. The van der Waals surface area contributed by atoms with Crippen LogP contribution in [0, 0.1) is 0 Å². The molecular weight excluding hydrogens is 308 g/mol. The number of para-hydroxylation sites is 1. The van der Waals surface area contributed by atoms with Gasteiger partial charge in [-0.1, -0.05) is 17.3 Å². The van der Waals surface area contributed by atoms with Crippen LogP contribution in [-0.2, 0) is 13.0 Å². The zero-order chi connectivity index (χ0) is 15.5. The van der Waals surface area contributed by atoms with Crippen molar-refractivity contribution in [2.24, 2.45) is 0 Å². The van der Waals surface area contributed by atoms with Crippen molar-refractivity contribution in [3.05, 3.63) is 54.2 Å². The predicted octanol–water partition coefficient (Wildman–Crippen LogP) is 2.98. The van der Waals surface area contributed by atoms with Gasteiger partial charge in [-0.25, -0.2) is 15.0 Å². The average molecular weight is 322 g/mol. The molecule has 0 aliphatic rings. The monoisotopic (exact) mass is 322 g/mol. The molecule has 23 heavy (non-hydrogen) atoms. The molecule has 4 rings (SSSR count). The summed E-state index contributed by atoms with van der Waals surface area (Å²) in [7, 11) is 0. The number of fused-ring (bicyclic) bond motifs is 1. The highest BCUT2D eigenvalue weighted by Crippen LogP contribution is 2.22. The van der Waals surface area contributed by atoms with Gasteiger partial charge in [-0.05, 0) is 18.6 Å². The Morgan fingerprint density at radius 2 is 1.96 bits per heavy atom. The summed E-state index contributed by atoms with van der Waals surface area (Å²) in [5.41, 5.74) is 2.76. The Balaban J connectivity index is 1.39. The van der Waals surface area contributed by atoms with Gasteiger partial charge in [0.05, 0.1) is 21.4 Å². The van der Waals surface area contributed by atoms with Crippen molar-refractivity contribution < 1.29 is 0 Å². The third-order valence-corrected chi connectivity index (χ3v) is 4.61. The second-order valence-corrected chi connectivity index (χ2v) is 6.29. The number of rotatable bonds is 5. The molecule has 0 bridgehead atoms. The van der Waals surface area contributed by atoms with Crippen molar-refractivity contribution >= 4 is 21.6 Å². The van der Waals surface area contributed by atoms with E-state index in [1.165, 1.54) is 16.0 Å². The van der Waals surface area contributed by atoms with Crippen LogP contribution in [0.4, 0.5) is 0 Å².